The lowest BCUT2D eigenvalue weighted by molar-refractivity contribution is -0.117. The van der Waals surface area contributed by atoms with Gasteiger partial charge in [-0.2, -0.15) is 0 Å². The van der Waals surface area contributed by atoms with Gasteiger partial charge in [0.05, 0.1) is 13.2 Å². The Morgan fingerprint density at radius 2 is 2.26 bits per heavy atom. The van der Waals surface area contributed by atoms with Gasteiger partial charge in [0, 0.05) is 5.56 Å². The summed E-state index contributed by atoms with van der Waals surface area (Å²) in [5.41, 5.74) is 6.35. The highest BCUT2D eigenvalue weighted by atomic mass is 32.1. The lowest BCUT2D eigenvalue weighted by Gasteiger charge is -2.02. The first-order chi connectivity index (χ1) is 9.10. The molecule has 2 rings (SSSR count). The second-order valence-corrected chi connectivity index (χ2v) is 4.90. The predicted molar refractivity (Wildman–Crippen MR) is 74.2 cm³/mol. The van der Waals surface area contributed by atoms with Gasteiger partial charge in [-0.25, -0.2) is 0 Å². The van der Waals surface area contributed by atoms with Crippen LogP contribution in [0.1, 0.15) is 6.92 Å². The molecule has 0 spiro atoms. The van der Waals surface area contributed by atoms with Gasteiger partial charge in [-0.3, -0.25) is 10.1 Å². The first-order valence-electron chi connectivity index (χ1n) is 5.64. The lowest BCUT2D eigenvalue weighted by Crippen LogP contribution is -2.32. The predicted octanol–water partition coefficient (Wildman–Crippen LogP) is 1.50. The minimum Gasteiger partial charge on any atom is -0.497 e. The third-order valence-electron chi connectivity index (χ3n) is 2.39. The van der Waals surface area contributed by atoms with E-state index in [-0.39, 0.29) is 5.91 Å². The molecule has 0 saturated heterocycles. The van der Waals surface area contributed by atoms with Crippen molar-refractivity contribution in [3.63, 3.8) is 0 Å². The fourth-order valence-electron chi connectivity index (χ4n) is 1.37. The number of nitrogens with one attached hydrogen (secondary N) is 1. The number of amides is 1. The first-order valence-corrected chi connectivity index (χ1v) is 6.46. The number of methoxy groups -OCH3 is 1. The van der Waals surface area contributed by atoms with Gasteiger partial charge in [-0.1, -0.05) is 23.5 Å². The second kappa shape index (κ2) is 5.77. The van der Waals surface area contributed by atoms with Gasteiger partial charge < -0.3 is 10.5 Å². The molecule has 1 heterocycles. The van der Waals surface area contributed by atoms with Crippen LogP contribution in [0.15, 0.2) is 24.3 Å². The molecule has 0 fully saturated rings. The first kappa shape index (κ1) is 13.4. The zero-order valence-electron chi connectivity index (χ0n) is 10.6. The fraction of sp³-hybridized carbons (Fsp3) is 0.250. The normalized spacial score (nSPS) is 11.9. The van der Waals surface area contributed by atoms with Crippen LogP contribution < -0.4 is 15.8 Å². The molecule has 0 aliphatic carbocycles. The molecule has 1 amide bonds. The smallest absolute Gasteiger partial charge is 0.242 e. The Balaban J connectivity index is 2.18. The van der Waals surface area contributed by atoms with Gasteiger partial charge in [0.15, 0.2) is 0 Å². The van der Waals surface area contributed by atoms with Crippen LogP contribution >= 0.6 is 11.3 Å². The number of aromatic nitrogens is 2. The van der Waals surface area contributed by atoms with Crippen molar-refractivity contribution in [2.75, 3.05) is 12.4 Å². The molecule has 0 radical (unpaired) electrons. The molecule has 0 unspecified atom stereocenters. The summed E-state index contributed by atoms with van der Waals surface area (Å²) in [6.45, 7) is 1.61. The van der Waals surface area contributed by atoms with Crippen LogP contribution in [0.5, 0.6) is 5.75 Å². The molecule has 1 aromatic carbocycles. The Morgan fingerprint density at radius 3 is 2.95 bits per heavy atom. The molecule has 0 aliphatic rings. The van der Waals surface area contributed by atoms with E-state index in [0.29, 0.717) is 10.1 Å². The van der Waals surface area contributed by atoms with Crippen molar-refractivity contribution in [2.24, 2.45) is 5.73 Å². The maximum atomic E-state index is 11.4. The summed E-state index contributed by atoms with van der Waals surface area (Å²) in [7, 11) is 1.60. The van der Waals surface area contributed by atoms with Gasteiger partial charge in [-0.05, 0) is 19.1 Å². The van der Waals surface area contributed by atoms with E-state index >= 15 is 0 Å². The van der Waals surface area contributed by atoms with Crippen molar-refractivity contribution in [1.29, 1.82) is 0 Å². The van der Waals surface area contributed by atoms with Crippen molar-refractivity contribution < 1.29 is 9.53 Å². The number of carbonyl (C=O) groups excluding carboxylic acids is 1. The second-order valence-electron chi connectivity index (χ2n) is 3.92. The molecule has 6 nitrogen and oxygen atoms in total. The lowest BCUT2D eigenvalue weighted by atomic mass is 10.2. The maximum Gasteiger partial charge on any atom is 0.242 e. The highest BCUT2D eigenvalue weighted by Crippen LogP contribution is 2.28. The number of anilines is 1. The molecule has 0 aliphatic heterocycles. The summed E-state index contributed by atoms with van der Waals surface area (Å²) in [5.74, 6) is 0.460. The zero-order valence-corrected chi connectivity index (χ0v) is 11.4. The third kappa shape index (κ3) is 3.27. The van der Waals surface area contributed by atoms with Crippen LogP contribution in [-0.4, -0.2) is 29.3 Å². The van der Waals surface area contributed by atoms with Gasteiger partial charge in [0.2, 0.25) is 11.0 Å². The van der Waals surface area contributed by atoms with E-state index in [0.717, 1.165) is 11.3 Å². The van der Waals surface area contributed by atoms with E-state index < -0.39 is 6.04 Å². The third-order valence-corrected chi connectivity index (χ3v) is 3.27. The van der Waals surface area contributed by atoms with Crippen molar-refractivity contribution in [3.05, 3.63) is 24.3 Å². The molecule has 100 valence electrons. The van der Waals surface area contributed by atoms with Gasteiger partial charge in [-0.15, -0.1) is 10.2 Å². The minimum atomic E-state index is -0.579. The monoisotopic (exact) mass is 278 g/mol. The summed E-state index contributed by atoms with van der Waals surface area (Å²) in [6.07, 6.45) is 0. The van der Waals surface area contributed by atoms with E-state index in [4.69, 9.17) is 10.5 Å². The molecule has 1 atom stereocenters. The molecule has 2 aromatic rings. The molecule has 19 heavy (non-hydrogen) atoms. The SMILES string of the molecule is COc1cccc(-c2nnc(NC(=O)[C@@H](C)N)s2)c1. The van der Waals surface area contributed by atoms with Crippen LogP contribution in [0, 0.1) is 0 Å². The highest BCUT2D eigenvalue weighted by Gasteiger charge is 2.12. The van der Waals surface area contributed by atoms with E-state index in [1.165, 1.54) is 11.3 Å². The number of ether oxygens (including phenoxy) is 1. The number of rotatable bonds is 4. The summed E-state index contributed by atoms with van der Waals surface area (Å²) >= 11 is 1.29. The Hall–Kier alpha value is -1.99. The quantitative estimate of drug-likeness (QED) is 0.884. The van der Waals surface area contributed by atoms with E-state index in [1.54, 1.807) is 14.0 Å². The highest BCUT2D eigenvalue weighted by molar-refractivity contribution is 7.18. The largest absolute Gasteiger partial charge is 0.497 e. The van der Waals surface area contributed by atoms with E-state index in [9.17, 15) is 4.79 Å². The number of hydrogen-bond donors (Lipinski definition) is 2. The molecule has 3 N–H and O–H groups in total. The Kier molecular flexibility index (Phi) is 4.08. The number of hydrogen-bond acceptors (Lipinski definition) is 6. The van der Waals surface area contributed by atoms with E-state index in [1.807, 2.05) is 24.3 Å². The average molecular weight is 278 g/mol. The summed E-state index contributed by atoms with van der Waals surface area (Å²) in [4.78, 5) is 11.4. The zero-order chi connectivity index (χ0) is 13.8. The average Bonchev–Trinajstić information content (AvgIpc) is 2.87. The van der Waals surface area contributed by atoms with Gasteiger partial charge in [0.25, 0.3) is 0 Å². The maximum absolute atomic E-state index is 11.4. The standard InChI is InChI=1S/C12H14N4O2S/c1-7(13)10(17)14-12-16-15-11(19-12)8-4-3-5-9(6-8)18-2/h3-7H,13H2,1-2H3,(H,14,16,17)/t7-/m1/s1. The van der Waals surface area contributed by atoms with Crippen LogP contribution in [0.4, 0.5) is 5.13 Å². The molecular formula is C12H14N4O2S. The van der Waals surface area contributed by atoms with Crippen LogP contribution in [-0.2, 0) is 4.79 Å². The van der Waals surface area contributed by atoms with Crippen molar-refractivity contribution >= 4 is 22.4 Å². The number of nitrogens with zero attached hydrogens (tertiary/aromatic N) is 2. The minimum absolute atomic E-state index is 0.284. The van der Waals surface area contributed by atoms with Crippen LogP contribution in [0.25, 0.3) is 10.6 Å². The fourth-order valence-corrected chi connectivity index (χ4v) is 2.11. The number of benzene rings is 1. The summed E-state index contributed by atoms with van der Waals surface area (Å²) in [5, 5.41) is 11.7. The summed E-state index contributed by atoms with van der Waals surface area (Å²) in [6, 6.07) is 6.90. The summed E-state index contributed by atoms with van der Waals surface area (Å²) < 4.78 is 5.15. The molecule has 0 bridgehead atoms. The van der Waals surface area contributed by atoms with Crippen molar-refractivity contribution in [3.8, 4) is 16.3 Å². The molecule has 1 aromatic heterocycles. The molecule has 7 heteroatoms. The van der Waals surface area contributed by atoms with E-state index in [2.05, 4.69) is 15.5 Å². The van der Waals surface area contributed by atoms with Crippen LogP contribution in [0.2, 0.25) is 0 Å². The Morgan fingerprint density at radius 1 is 1.47 bits per heavy atom. The van der Waals surface area contributed by atoms with Gasteiger partial charge in [0.1, 0.15) is 10.8 Å². The number of nitrogens with two attached hydrogens (primary N) is 1. The van der Waals surface area contributed by atoms with Crippen LogP contribution in [0.3, 0.4) is 0 Å². The van der Waals surface area contributed by atoms with Crippen molar-refractivity contribution in [2.45, 2.75) is 13.0 Å². The molecule has 0 saturated carbocycles. The van der Waals surface area contributed by atoms with Gasteiger partial charge >= 0.3 is 0 Å². The van der Waals surface area contributed by atoms with Crippen molar-refractivity contribution in [1.82, 2.24) is 10.2 Å². The Bertz CT molecular complexity index is 583. The molecular weight excluding hydrogens is 264 g/mol. The Labute approximate surface area is 114 Å². The number of carbonyl (C=O) groups is 1. The topological polar surface area (TPSA) is 90.1 Å².